The Morgan fingerprint density at radius 2 is 1.64 bits per heavy atom. The second kappa shape index (κ2) is 13.8. The minimum Gasteiger partial charge on any atom is -0.489 e. The lowest BCUT2D eigenvalue weighted by Gasteiger charge is -2.16. The van der Waals surface area contributed by atoms with Gasteiger partial charge in [0.25, 0.3) is 0 Å². The minimum absolute atomic E-state index is 0.0573. The summed E-state index contributed by atoms with van der Waals surface area (Å²) in [4.78, 5) is 16.7. The molecule has 0 saturated carbocycles. The van der Waals surface area contributed by atoms with E-state index < -0.39 is 0 Å². The lowest BCUT2D eigenvalue weighted by Crippen LogP contribution is -2.26. The smallest absolute Gasteiger partial charge is 0.207 e. The van der Waals surface area contributed by atoms with E-state index in [1.54, 1.807) is 13.8 Å². The molecule has 4 aromatic carbocycles. The van der Waals surface area contributed by atoms with Crippen molar-refractivity contribution in [2.75, 3.05) is 26.3 Å². The van der Waals surface area contributed by atoms with Crippen LogP contribution in [-0.2, 0) is 6.61 Å². The summed E-state index contributed by atoms with van der Waals surface area (Å²) >= 11 is 1.33. The molecular formula is C37H35F2NO4S. The highest BCUT2D eigenvalue weighted by atomic mass is 32.1. The molecule has 0 spiro atoms. The van der Waals surface area contributed by atoms with Gasteiger partial charge >= 0.3 is 0 Å². The number of carbonyl (C=O) groups is 1. The second-order valence-electron chi connectivity index (χ2n) is 11.4. The number of carbonyl (C=O) groups excluding carboxylic acids is 1. The molecule has 1 saturated heterocycles. The Kier molecular flexibility index (Phi) is 9.42. The third-order valence-electron chi connectivity index (χ3n) is 7.98. The van der Waals surface area contributed by atoms with Crippen molar-refractivity contribution in [3.05, 3.63) is 118 Å². The fourth-order valence-electron chi connectivity index (χ4n) is 5.79. The summed E-state index contributed by atoms with van der Waals surface area (Å²) in [6.07, 6.45) is 1.50. The summed E-state index contributed by atoms with van der Waals surface area (Å²) in [7, 11) is 0. The Morgan fingerprint density at radius 3 is 2.38 bits per heavy atom. The van der Waals surface area contributed by atoms with Gasteiger partial charge in [0.05, 0.1) is 6.67 Å². The molecule has 5 aromatic rings. The molecule has 1 atom stereocenters. The number of hydrogen-bond acceptors (Lipinski definition) is 6. The van der Waals surface area contributed by atoms with E-state index in [1.807, 2.05) is 72.8 Å². The molecule has 45 heavy (non-hydrogen) atoms. The number of rotatable bonds is 12. The highest BCUT2D eigenvalue weighted by molar-refractivity contribution is 7.21. The lowest BCUT2D eigenvalue weighted by molar-refractivity contribution is 0.103. The number of ether oxygens (including phenoxy) is 3. The monoisotopic (exact) mass is 627 g/mol. The van der Waals surface area contributed by atoms with Gasteiger partial charge in [-0.3, -0.25) is 14.1 Å². The standard InChI is InChI=1S/C37H35F2NO4S/c1-24-19-27(39)20-25(2)34(24)35(41)37-36(32-14-13-30(21-33(32)45-37)42-23-26-7-4-3-5-8-26)44-29-11-9-28(10-12-29)43-31-15-18-40(22-31)17-6-16-38/h3-5,7-14,19-21,31H,6,15-18,22-23H2,1-2H3/t31-/m0/s1. The van der Waals surface area contributed by atoms with Crippen molar-refractivity contribution < 1.29 is 27.8 Å². The summed E-state index contributed by atoms with van der Waals surface area (Å²) in [5.41, 5.74) is 2.67. The number of benzene rings is 4. The highest BCUT2D eigenvalue weighted by Crippen LogP contribution is 2.43. The average molecular weight is 628 g/mol. The maximum Gasteiger partial charge on any atom is 0.207 e. The van der Waals surface area contributed by atoms with Crippen LogP contribution in [0.3, 0.4) is 0 Å². The fourth-order valence-corrected chi connectivity index (χ4v) is 6.90. The summed E-state index contributed by atoms with van der Waals surface area (Å²) in [6, 6.07) is 25.8. The molecule has 1 fully saturated rings. The van der Waals surface area contributed by atoms with E-state index in [4.69, 9.17) is 14.2 Å². The molecule has 0 unspecified atom stereocenters. The molecule has 6 rings (SSSR count). The normalized spacial score (nSPS) is 15.0. The van der Waals surface area contributed by atoms with Crippen LogP contribution in [0.4, 0.5) is 8.78 Å². The Balaban J connectivity index is 1.27. The summed E-state index contributed by atoms with van der Waals surface area (Å²) in [6.45, 7) is 6.04. The predicted molar refractivity (Wildman–Crippen MR) is 174 cm³/mol. The second-order valence-corrected chi connectivity index (χ2v) is 12.4. The Hall–Kier alpha value is -4.27. The van der Waals surface area contributed by atoms with Gasteiger partial charge in [0.2, 0.25) is 5.78 Å². The van der Waals surface area contributed by atoms with E-state index in [-0.39, 0.29) is 24.4 Å². The van der Waals surface area contributed by atoms with Gasteiger partial charge in [-0.1, -0.05) is 30.3 Å². The van der Waals surface area contributed by atoms with E-state index in [0.717, 1.165) is 47.5 Å². The third-order valence-corrected chi connectivity index (χ3v) is 9.11. The Bertz CT molecular complexity index is 1770. The number of halogens is 2. The van der Waals surface area contributed by atoms with Gasteiger partial charge in [0.1, 0.15) is 40.7 Å². The van der Waals surface area contributed by atoms with Gasteiger partial charge in [0, 0.05) is 35.3 Å². The molecule has 2 heterocycles. The van der Waals surface area contributed by atoms with E-state index in [1.165, 1.54) is 23.5 Å². The zero-order valence-corrected chi connectivity index (χ0v) is 26.2. The van der Waals surface area contributed by atoms with E-state index >= 15 is 0 Å². The van der Waals surface area contributed by atoms with E-state index in [0.29, 0.717) is 51.8 Å². The van der Waals surface area contributed by atoms with Gasteiger partial charge in [-0.05, 0) is 98.0 Å². The molecular weight excluding hydrogens is 592 g/mol. The number of ketones is 1. The number of fused-ring (bicyclic) bond motifs is 1. The molecule has 1 aromatic heterocycles. The summed E-state index contributed by atoms with van der Waals surface area (Å²) < 4.78 is 46.2. The van der Waals surface area contributed by atoms with Crippen molar-refractivity contribution in [3.63, 3.8) is 0 Å². The minimum atomic E-state index is -0.373. The maximum atomic E-state index is 14.1. The molecule has 8 heteroatoms. The molecule has 0 amide bonds. The van der Waals surface area contributed by atoms with Crippen molar-refractivity contribution in [3.8, 4) is 23.0 Å². The first kappa shape index (κ1) is 30.7. The van der Waals surface area contributed by atoms with Crippen LogP contribution in [0.2, 0.25) is 0 Å². The topological polar surface area (TPSA) is 48.0 Å². The van der Waals surface area contributed by atoms with Crippen molar-refractivity contribution in [1.82, 2.24) is 4.90 Å². The van der Waals surface area contributed by atoms with Crippen LogP contribution >= 0.6 is 11.3 Å². The molecule has 232 valence electrons. The molecule has 0 bridgehead atoms. The number of likely N-dealkylation sites (tertiary alicyclic amines) is 1. The van der Waals surface area contributed by atoms with Crippen LogP contribution in [0.25, 0.3) is 10.1 Å². The molecule has 1 aliphatic heterocycles. The molecule has 0 aliphatic carbocycles. The average Bonchev–Trinajstić information content (AvgIpc) is 3.63. The maximum absolute atomic E-state index is 14.1. The van der Waals surface area contributed by atoms with Crippen LogP contribution in [0.15, 0.2) is 84.9 Å². The Labute approximate surface area is 266 Å². The van der Waals surface area contributed by atoms with Gasteiger partial charge in [-0.25, -0.2) is 4.39 Å². The molecule has 1 aliphatic rings. The van der Waals surface area contributed by atoms with Gasteiger partial charge < -0.3 is 14.2 Å². The number of alkyl halides is 1. The van der Waals surface area contributed by atoms with Crippen molar-refractivity contribution in [1.29, 1.82) is 0 Å². The van der Waals surface area contributed by atoms with Crippen LogP contribution in [0, 0.1) is 19.7 Å². The van der Waals surface area contributed by atoms with E-state index in [2.05, 4.69) is 4.90 Å². The van der Waals surface area contributed by atoms with Crippen molar-refractivity contribution in [2.24, 2.45) is 0 Å². The summed E-state index contributed by atoms with van der Waals surface area (Å²) in [5, 5.41) is 0.785. The highest BCUT2D eigenvalue weighted by Gasteiger charge is 2.26. The van der Waals surface area contributed by atoms with Crippen LogP contribution < -0.4 is 14.2 Å². The Morgan fingerprint density at radius 1 is 0.933 bits per heavy atom. The first-order chi connectivity index (χ1) is 21.9. The van der Waals surface area contributed by atoms with Crippen LogP contribution in [0.1, 0.15) is 44.8 Å². The van der Waals surface area contributed by atoms with Gasteiger partial charge in [-0.15, -0.1) is 11.3 Å². The van der Waals surface area contributed by atoms with Crippen molar-refractivity contribution >= 4 is 27.2 Å². The third kappa shape index (κ3) is 7.18. The largest absolute Gasteiger partial charge is 0.489 e. The van der Waals surface area contributed by atoms with Gasteiger partial charge in [-0.2, -0.15) is 0 Å². The zero-order valence-electron chi connectivity index (χ0n) is 25.4. The number of nitrogens with zero attached hydrogens (tertiary/aromatic N) is 1. The summed E-state index contributed by atoms with van der Waals surface area (Å²) in [5.74, 6) is 1.83. The quantitative estimate of drug-likeness (QED) is 0.129. The van der Waals surface area contributed by atoms with Gasteiger partial charge in [0.15, 0.2) is 5.75 Å². The fraction of sp³-hybridized carbons (Fsp3) is 0.270. The first-order valence-electron chi connectivity index (χ1n) is 15.2. The first-order valence-corrected chi connectivity index (χ1v) is 16.0. The number of thiophene rings is 1. The SMILES string of the molecule is Cc1cc(F)cc(C)c1C(=O)c1sc2cc(OCc3ccccc3)ccc2c1Oc1ccc(O[C@H]2CCN(CCCF)C2)cc1. The predicted octanol–water partition coefficient (Wildman–Crippen LogP) is 9.07. The van der Waals surface area contributed by atoms with Crippen LogP contribution in [-0.4, -0.2) is 43.1 Å². The lowest BCUT2D eigenvalue weighted by atomic mass is 9.97. The molecule has 5 nitrogen and oxygen atoms in total. The van der Waals surface area contributed by atoms with Crippen molar-refractivity contribution in [2.45, 2.75) is 39.4 Å². The zero-order chi connectivity index (χ0) is 31.3. The number of aryl methyl sites for hydroxylation is 2. The molecule has 0 N–H and O–H groups in total. The number of hydrogen-bond donors (Lipinski definition) is 0. The molecule has 0 radical (unpaired) electrons. The van der Waals surface area contributed by atoms with E-state index in [9.17, 15) is 13.6 Å². The van der Waals surface area contributed by atoms with Crippen LogP contribution in [0.5, 0.6) is 23.0 Å².